The first-order valence-electron chi connectivity index (χ1n) is 8.50. The molecule has 2 aromatic rings. The van der Waals surface area contributed by atoms with Gasteiger partial charge in [-0.2, -0.15) is 5.10 Å². The minimum absolute atomic E-state index is 0.133. The van der Waals surface area contributed by atoms with Gasteiger partial charge in [-0.1, -0.05) is 15.9 Å². The zero-order chi connectivity index (χ0) is 21.4. The topological polar surface area (TPSA) is 103 Å². The van der Waals surface area contributed by atoms with Gasteiger partial charge in [-0.05, 0) is 43.3 Å². The predicted molar refractivity (Wildman–Crippen MR) is 109 cm³/mol. The first-order chi connectivity index (χ1) is 13.7. The molecule has 0 spiro atoms. The molecule has 0 aliphatic carbocycles. The molecule has 0 saturated carbocycles. The number of hydrogen-bond acceptors (Lipinski definition) is 7. The standard InChI is InChI=1S/C20H19BrN2O6/c1-12(27-17-8-5-16(21)6-9-17)20(26)23-22-11-15-4-7-18(28-13(2)24)10-19(15)29-14(3)25/h4-12H,1-3H3,(H,23,26)/b22-11-/t12-/m0/s1. The summed E-state index contributed by atoms with van der Waals surface area (Å²) in [4.78, 5) is 34.5. The second kappa shape index (κ2) is 10.4. The van der Waals surface area contributed by atoms with Gasteiger partial charge in [-0.3, -0.25) is 14.4 Å². The Morgan fingerprint density at radius 3 is 2.24 bits per heavy atom. The molecule has 2 rings (SSSR count). The van der Waals surface area contributed by atoms with Gasteiger partial charge < -0.3 is 14.2 Å². The zero-order valence-electron chi connectivity index (χ0n) is 16.0. The smallest absolute Gasteiger partial charge is 0.308 e. The van der Waals surface area contributed by atoms with Gasteiger partial charge in [0.15, 0.2) is 6.10 Å². The van der Waals surface area contributed by atoms with E-state index in [0.717, 1.165) is 4.47 Å². The van der Waals surface area contributed by atoms with E-state index in [0.29, 0.717) is 11.3 Å². The van der Waals surface area contributed by atoms with Crippen molar-refractivity contribution in [2.45, 2.75) is 26.9 Å². The molecule has 0 unspecified atom stereocenters. The molecule has 8 nitrogen and oxygen atoms in total. The van der Waals surface area contributed by atoms with Crippen LogP contribution in [0, 0.1) is 0 Å². The summed E-state index contributed by atoms with van der Waals surface area (Å²) >= 11 is 3.32. The molecule has 0 saturated heterocycles. The van der Waals surface area contributed by atoms with E-state index >= 15 is 0 Å². The third-order valence-corrected chi connectivity index (χ3v) is 3.90. The maximum Gasteiger partial charge on any atom is 0.308 e. The summed E-state index contributed by atoms with van der Waals surface area (Å²) in [6.45, 7) is 4.08. The van der Waals surface area contributed by atoms with Crippen LogP contribution in [-0.2, 0) is 14.4 Å². The molecule has 0 aliphatic heterocycles. The van der Waals surface area contributed by atoms with Crippen molar-refractivity contribution in [1.82, 2.24) is 5.43 Å². The van der Waals surface area contributed by atoms with E-state index in [1.807, 2.05) is 0 Å². The van der Waals surface area contributed by atoms with Crippen molar-refractivity contribution in [1.29, 1.82) is 0 Å². The number of halogens is 1. The van der Waals surface area contributed by atoms with Gasteiger partial charge in [0.2, 0.25) is 0 Å². The molecule has 0 fully saturated rings. The molecule has 1 amide bonds. The average Bonchev–Trinajstić information content (AvgIpc) is 2.64. The summed E-state index contributed by atoms with van der Waals surface area (Å²) in [5.74, 6) is -0.639. The Hall–Kier alpha value is -3.20. The van der Waals surface area contributed by atoms with Crippen molar-refractivity contribution in [2.75, 3.05) is 0 Å². The number of ether oxygens (including phenoxy) is 3. The van der Waals surface area contributed by atoms with Crippen molar-refractivity contribution >= 4 is 40.0 Å². The maximum absolute atomic E-state index is 12.1. The number of nitrogens with one attached hydrogen (secondary N) is 1. The predicted octanol–water partition coefficient (Wildman–Crippen LogP) is 3.22. The monoisotopic (exact) mass is 462 g/mol. The molecule has 0 heterocycles. The highest BCUT2D eigenvalue weighted by Crippen LogP contribution is 2.24. The lowest BCUT2D eigenvalue weighted by Gasteiger charge is -2.13. The number of hydrazone groups is 1. The van der Waals surface area contributed by atoms with Crippen molar-refractivity contribution in [3.05, 3.63) is 52.5 Å². The number of nitrogens with zero attached hydrogens (tertiary/aromatic N) is 1. The van der Waals surface area contributed by atoms with E-state index in [1.165, 1.54) is 38.3 Å². The first kappa shape index (κ1) is 22.1. The molecule has 0 aromatic heterocycles. The van der Waals surface area contributed by atoms with Gasteiger partial charge >= 0.3 is 11.9 Å². The molecule has 0 aliphatic rings. The number of esters is 2. The summed E-state index contributed by atoms with van der Waals surface area (Å²) in [5, 5.41) is 3.87. The van der Waals surface area contributed by atoms with Crippen LogP contribution in [0.5, 0.6) is 17.2 Å². The minimum Gasteiger partial charge on any atom is -0.481 e. The summed E-state index contributed by atoms with van der Waals surface area (Å²) in [6, 6.07) is 11.5. The third kappa shape index (κ3) is 7.38. The van der Waals surface area contributed by atoms with Crippen LogP contribution in [0.15, 0.2) is 52.0 Å². The summed E-state index contributed by atoms with van der Waals surface area (Å²) in [7, 11) is 0. The van der Waals surface area contributed by atoms with Crippen LogP contribution in [0.3, 0.4) is 0 Å². The summed E-state index contributed by atoms with van der Waals surface area (Å²) in [6.07, 6.45) is 0.521. The van der Waals surface area contributed by atoms with Gasteiger partial charge in [0.05, 0.1) is 6.21 Å². The van der Waals surface area contributed by atoms with Crippen molar-refractivity contribution in [2.24, 2.45) is 5.10 Å². The number of amides is 1. The lowest BCUT2D eigenvalue weighted by molar-refractivity contribution is -0.132. The van der Waals surface area contributed by atoms with Crippen LogP contribution in [0.2, 0.25) is 0 Å². The maximum atomic E-state index is 12.1. The van der Waals surface area contributed by atoms with Gasteiger partial charge in [-0.25, -0.2) is 5.43 Å². The van der Waals surface area contributed by atoms with E-state index in [2.05, 4.69) is 26.5 Å². The van der Waals surface area contributed by atoms with E-state index in [1.54, 1.807) is 31.2 Å². The number of hydrogen-bond donors (Lipinski definition) is 1. The number of carbonyl (C=O) groups excluding carboxylic acids is 3. The van der Waals surface area contributed by atoms with Crippen LogP contribution >= 0.6 is 15.9 Å². The molecule has 0 bridgehead atoms. The fraction of sp³-hybridized carbons (Fsp3) is 0.200. The van der Waals surface area contributed by atoms with Crippen molar-refractivity contribution < 1.29 is 28.6 Å². The Balaban J connectivity index is 2.03. The highest BCUT2D eigenvalue weighted by atomic mass is 79.9. The first-order valence-corrected chi connectivity index (χ1v) is 9.30. The largest absolute Gasteiger partial charge is 0.481 e. The van der Waals surface area contributed by atoms with Gasteiger partial charge in [0.1, 0.15) is 17.2 Å². The molecule has 152 valence electrons. The lowest BCUT2D eigenvalue weighted by atomic mass is 10.2. The quantitative estimate of drug-likeness (QED) is 0.293. The molecule has 2 aromatic carbocycles. The second-order valence-electron chi connectivity index (χ2n) is 5.84. The highest BCUT2D eigenvalue weighted by molar-refractivity contribution is 9.10. The molecule has 0 radical (unpaired) electrons. The fourth-order valence-electron chi connectivity index (χ4n) is 2.12. The Kier molecular flexibility index (Phi) is 7.90. The Morgan fingerprint density at radius 1 is 1.00 bits per heavy atom. The minimum atomic E-state index is -0.785. The Bertz CT molecular complexity index is 927. The average molecular weight is 463 g/mol. The Morgan fingerprint density at radius 2 is 1.62 bits per heavy atom. The van der Waals surface area contributed by atoms with E-state index in [4.69, 9.17) is 14.2 Å². The van der Waals surface area contributed by atoms with Crippen LogP contribution in [0.25, 0.3) is 0 Å². The Labute approximate surface area is 176 Å². The second-order valence-corrected chi connectivity index (χ2v) is 6.75. The van der Waals surface area contributed by atoms with Gasteiger partial charge in [0.25, 0.3) is 5.91 Å². The molecular formula is C20H19BrN2O6. The molecule has 9 heteroatoms. The zero-order valence-corrected chi connectivity index (χ0v) is 17.6. The fourth-order valence-corrected chi connectivity index (χ4v) is 2.39. The van der Waals surface area contributed by atoms with Gasteiger partial charge in [-0.15, -0.1) is 0 Å². The molecule has 29 heavy (non-hydrogen) atoms. The van der Waals surface area contributed by atoms with E-state index < -0.39 is 23.9 Å². The van der Waals surface area contributed by atoms with Gasteiger partial charge in [0, 0.05) is 30.0 Å². The molecular weight excluding hydrogens is 444 g/mol. The number of benzene rings is 2. The SMILES string of the molecule is CC(=O)Oc1ccc(/C=N\NC(=O)[C@H](C)Oc2ccc(Br)cc2)c(OC(C)=O)c1. The number of rotatable bonds is 7. The molecule has 1 N–H and O–H groups in total. The van der Waals surface area contributed by atoms with Crippen molar-refractivity contribution in [3.63, 3.8) is 0 Å². The van der Waals surface area contributed by atoms with E-state index in [-0.39, 0.29) is 11.5 Å². The lowest BCUT2D eigenvalue weighted by Crippen LogP contribution is -2.33. The van der Waals surface area contributed by atoms with Crippen LogP contribution < -0.4 is 19.6 Å². The molecule has 1 atom stereocenters. The van der Waals surface area contributed by atoms with Crippen LogP contribution in [0.4, 0.5) is 0 Å². The summed E-state index contributed by atoms with van der Waals surface area (Å²) in [5.41, 5.74) is 2.76. The van der Waals surface area contributed by atoms with Crippen LogP contribution in [-0.4, -0.2) is 30.2 Å². The van der Waals surface area contributed by atoms with E-state index in [9.17, 15) is 14.4 Å². The van der Waals surface area contributed by atoms with Crippen molar-refractivity contribution in [3.8, 4) is 17.2 Å². The van der Waals surface area contributed by atoms with Crippen LogP contribution in [0.1, 0.15) is 26.3 Å². The highest BCUT2D eigenvalue weighted by Gasteiger charge is 2.14. The number of carbonyl (C=O) groups is 3. The third-order valence-electron chi connectivity index (χ3n) is 3.37. The normalized spacial score (nSPS) is 11.6. The summed E-state index contributed by atoms with van der Waals surface area (Å²) < 4.78 is 16.5.